The highest BCUT2D eigenvalue weighted by molar-refractivity contribution is 9.10. The molecule has 2 rings (SSSR count). The molecule has 2 aromatic rings. The Morgan fingerprint density at radius 2 is 1.90 bits per heavy atom. The summed E-state index contributed by atoms with van der Waals surface area (Å²) in [5.41, 5.74) is 1.53. The van der Waals surface area contributed by atoms with Crippen LogP contribution in [-0.2, 0) is 5.41 Å². The van der Waals surface area contributed by atoms with E-state index in [4.69, 9.17) is 11.6 Å². The third-order valence-electron chi connectivity index (χ3n) is 2.75. The third-order valence-corrected chi connectivity index (χ3v) is 3.73. The molecule has 20 heavy (non-hydrogen) atoms. The molecule has 0 bridgehead atoms. The molecule has 0 spiro atoms. The van der Waals surface area contributed by atoms with Gasteiger partial charge in [-0.15, -0.1) is 0 Å². The molecule has 0 aromatic carbocycles. The summed E-state index contributed by atoms with van der Waals surface area (Å²) in [7, 11) is 1.83. The molecule has 0 aliphatic carbocycles. The molecule has 0 unspecified atom stereocenters. The van der Waals surface area contributed by atoms with E-state index in [0.29, 0.717) is 16.5 Å². The fraction of sp³-hybridized carbons (Fsp3) is 0.357. The first-order valence-corrected chi connectivity index (χ1v) is 7.37. The van der Waals surface area contributed by atoms with Crippen LogP contribution >= 0.6 is 27.5 Å². The Hall–Kier alpha value is -1.20. The molecule has 106 valence electrons. The Labute approximate surface area is 132 Å². The molecule has 0 saturated carbocycles. The van der Waals surface area contributed by atoms with Crippen molar-refractivity contribution in [2.75, 3.05) is 12.4 Å². The molecule has 1 N–H and O–H groups in total. The van der Waals surface area contributed by atoms with E-state index in [-0.39, 0.29) is 5.41 Å². The summed E-state index contributed by atoms with van der Waals surface area (Å²) in [6, 6.07) is 3.60. The van der Waals surface area contributed by atoms with Crippen LogP contribution in [0.2, 0.25) is 5.02 Å². The van der Waals surface area contributed by atoms with Crippen molar-refractivity contribution in [1.82, 2.24) is 15.0 Å². The van der Waals surface area contributed by atoms with Crippen LogP contribution in [0.3, 0.4) is 0 Å². The first-order valence-electron chi connectivity index (χ1n) is 6.20. The first-order chi connectivity index (χ1) is 9.32. The lowest BCUT2D eigenvalue weighted by Crippen LogP contribution is -2.17. The number of anilines is 1. The molecule has 4 nitrogen and oxygen atoms in total. The Morgan fingerprint density at radius 3 is 2.40 bits per heavy atom. The number of hydrogen-bond donors (Lipinski definition) is 1. The molecule has 0 radical (unpaired) electrons. The Bertz CT molecular complexity index is 620. The number of aromatic nitrogens is 3. The van der Waals surface area contributed by atoms with Gasteiger partial charge >= 0.3 is 0 Å². The average molecular weight is 356 g/mol. The molecular formula is C14H16BrClN4. The number of pyridine rings is 1. The number of nitrogens with zero attached hydrogens (tertiary/aromatic N) is 3. The van der Waals surface area contributed by atoms with Gasteiger partial charge in [0.1, 0.15) is 11.5 Å². The fourth-order valence-corrected chi connectivity index (χ4v) is 2.81. The second kappa shape index (κ2) is 5.66. The van der Waals surface area contributed by atoms with Gasteiger partial charge in [0.15, 0.2) is 5.82 Å². The average Bonchev–Trinajstić information content (AvgIpc) is 2.38. The van der Waals surface area contributed by atoms with E-state index in [9.17, 15) is 0 Å². The second-order valence-electron chi connectivity index (χ2n) is 5.42. The van der Waals surface area contributed by atoms with Gasteiger partial charge in [-0.3, -0.25) is 4.98 Å². The van der Waals surface area contributed by atoms with Gasteiger partial charge in [-0.1, -0.05) is 32.4 Å². The highest BCUT2D eigenvalue weighted by atomic mass is 79.9. The first kappa shape index (κ1) is 15.2. The van der Waals surface area contributed by atoms with E-state index < -0.39 is 0 Å². The molecule has 0 aliphatic heterocycles. The maximum Gasteiger partial charge on any atom is 0.180 e. The zero-order valence-electron chi connectivity index (χ0n) is 11.8. The topological polar surface area (TPSA) is 50.7 Å². The van der Waals surface area contributed by atoms with E-state index in [1.54, 1.807) is 12.3 Å². The third kappa shape index (κ3) is 3.10. The quantitative estimate of drug-likeness (QED) is 0.873. The second-order valence-corrected chi connectivity index (χ2v) is 6.65. The van der Waals surface area contributed by atoms with Crippen molar-refractivity contribution in [3.8, 4) is 11.5 Å². The Kier molecular flexibility index (Phi) is 4.30. The largest absolute Gasteiger partial charge is 0.372 e. The van der Waals surface area contributed by atoms with Crippen molar-refractivity contribution < 1.29 is 0 Å². The maximum atomic E-state index is 5.86. The van der Waals surface area contributed by atoms with Gasteiger partial charge in [-0.25, -0.2) is 9.97 Å². The minimum absolute atomic E-state index is 0.103. The highest BCUT2D eigenvalue weighted by Crippen LogP contribution is 2.33. The van der Waals surface area contributed by atoms with Crippen LogP contribution in [0.1, 0.15) is 26.5 Å². The van der Waals surface area contributed by atoms with Gasteiger partial charge in [0, 0.05) is 18.7 Å². The maximum absolute atomic E-state index is 5.86. The van der Waals surface area contributed by atoms with Crippen molar-refractivity contribution >= 4 is 33.3 Å². The predicted octanol–water partition coefficient (Wildman–Crippen LogP) is 4.29. The lowest BCUT2D eigenvalue weighted by molar-refractivity contribution is 0.564. The van der Waals surface area contributed by atoms with E-state index in [0.717, 1.165) is 16.0 Å². The Morgan fingerprint density at radius 1 is 1.20 bits per heavy atom. The summed E-state index contributed by atoms with van der Waals surface area (Å²) >= 11 is 9.43. The summed E-state index contributed by atoms with van der Waals surface area (Å²) in [6.07, 6.45) is 1.60. The molecular weight excluding hydrogens is 340 g/mol. The summed E-state index contributed by atoms with van der Waals surface area (Å²) in [4.78, 5) is 13.4. The predicted molar refractivity (Wildman–Crippen MR) is 86.2 cm³/mol. The number of rotatable bonds is 2. The minimum Gasteiger partial charge on any atom is -0.372 e. The molecule has 0 aliphatic rings. The smallest absolute Gasteiger partial charge is 0.180 e. The van der Waals surface area contributed by atoms with E-state index in [1.807, 2.05) is 13.1 Å². The zero-order chi connectivity index (χ0) is 14.9. The van der Waals surface area contributed by atoms with Crippen molar-refractivity contribution in [3.05, 3.63) is 33.5 Å². The van der Waals surface area contributed by atoms with E-state index in [2.05, 4.69) is 57.0 Å². The van der Waals surface area contributed by atoms with Gasteiger partial charge in [-0.05, 0) is 28.1 Å². The van der Waals surface area contributed by atoms with Crippen LogP contribution in [0.4, 0.5) is 5.82 Å². The summed E-state index contributed by atoms with van der Waals surface area (Å²) < 4.78 is 0.880. The van der Waals surface area contributed by atoms with E-state index in [1.165, 1.54) is 0 Å². The minimum atomic E-state index is -0.103. The molecule has 2 heterocycles. The molecule has 0 atom stereocenters. The molecule has 0 amide bonds. The fourth-order valence-electron chi connectivity index (χ4n) is 1.73. The summed E-state index contributed by atoms with van der Waals surface area (Å²) in [5, 5.41) is 3.67. The summed E-state index contributed by atoms with van der Waals surface area (Å²) in [6.45, 7) is 6.33. The van der Waals surface area contributed by atoms with E-state index >= 15 is 0 Å². The SMILES string of the molecule is CNc1nc(-c2ccc(Cl)cn2)nc(C(C)(C)C)c1Br. The highest BCUT2D eigenvalue weighted by Gasteiger charge is 2.23. The number of hydrogen-bond acceptors (Lipinski definition) is 4. The van der Waals surface area contributed by atoms with Crippen LogP contribution in [-0.4, -0.2) is 22.0 Å². The van der Waals surface area contributed by atoms with Gasteiger partial charge in [0.05, 0.1) is 15.2 Å². The van der Waals surface area contributed by atoms with Crippen LogP contribution < -0.4 is 5.32 Å². The molecule has 2 aromatic heterocycles. The van der Waals surface area contributed by atoms with Crippen LogP contribution in [0, 0.1) is 0 Å². The van der Waals surface area contributed by atoms with Gasteiger partial charge in [-0.2, -0.15) is 0 Å². The van der Waals surface area contributed by atoms with Crippen LogP contribution in [0.15, 0.2) is 22.8 Å². The van der Waals surface area contributed by atoms with Gasteiger partial charge in [0.25, 0.3) is 0 Å². The van der Waals surface area contributed by atoms with Crippen molar-refractivity contribution in [2.24, 2.45) is 0 Å². The summed E-state index contributed by atoms with van der Waals surface area (Å²) in [5.74, 6) is 1.33. The number of nitrogens with one attached hydrogen (secondary N) is 1. The number of halogens is 2. The normalized spacial score (nSPS) is 11.5. The van der Waals surface area contributed by atoms with Crippen LogP contribution in [0.5, 0.6) is 0 Å². The molecule has 0 fully saturated rings. The lowest BCUT2D eigenvalue weighted by atomic mass is 9.92. The standard InChI is InChI=1S/C14H16BrClN4/c1-14(2,3)11-10(15)13(17-4)20-12(19-11)9-6-5-8(16)7-18-9/h5-7H,1-4H3,(H,17,19,20). The molecule has 0 saturated heterocycles. The zero-order valence-corrected chi connectivity index (χ0v) is 14.2. The van der Waals surface area contributed by atoms with Crippen molar-refractivity contribution in [3.63, 3.8) is 0 Å². The molecule has 6 heteroatoms. The van der Waals surface area contributed by atoms with Crippen molar-refractivity contribution in [2.45, 2.75) is 26.2 Å². The van der Waals surface area contributed by atoms with Gasteiger partial charge < -0.3 is 5.32 Å². The lowest BCUT2D eigenvalue weighted by Gasteiger charge is -2.21. The van der Waals surface area contributed by atoms with Gasteiger partial charge in [0.2, 0.25) is 0 Å². The van der Waals surface area contributed by atoms with Crippen LogP contribution in [0.25, 0.3) is 11.5 Å². The Balaban J connectivity index is 2.63. The monoisotopic (exact) mass is 354 g/mol. The van der Waals surface area contributed by atoms with Crippen molar-refractivity contribution in [1.29, 1.82) is 0 Å².